The molecule has 0 bridgehead atoms. The number of rotatable bonds is 5. The number of carbonyl (C=O) groups excluding carboxylic acids is 1. The van der Waals surface area contributed by atoms with Gasteiger partial charge in [-0.2, -0.15) is 4.98 Å². The Morgan fingerprint density at radius 2 is 2.15 bits per heavy atom. The normalized spacial score (nSPS) is 21.4. The monoisotopic (exact) mass is 377 g/mol. The largest absolute Gasteiger partial charge is 0.423 e. The van der Waals surface area contributed by atoms with Crippen molar-refractivity contribution < 1.29 is 13.9 Å². The molecule has 2 aliphatic rings. The predicted molar refractivity (Wildman–Crippen MR) is 101 cm³/mol. The number of hydrogen-bond donors (Lipinski definition) is 1. The maximum Gasteiger partial charge on any atom is 0.298 e. The van der Waals surface area contributed by atoms with Crippen molar-refractivity contribution in [3.63, 3.8) is 0 Å². The van der Waals surface area contributed by atoms with Crippen molar-refractivity contribution in [3.05, 3.63) is 23.2 Å². The lowest BCUT2D eigenvalue weighted by Crippen LogP contribution is -2.41. The molecule has 140 valence electrons. The summed E-state index contributed by atoms with van der Waals surface area (Å²) in [5, 5.41) is 3.73. The molecule has 0 saturated carbocycles. The third-order valence-corrected chi connectivity index (χ3v) is 5.59. The van der Waals surface area contributed by atoms with Gasteiger partial charge in [-0.15, -0.1) is 0 Å². The Bertz CT molecular complexity index is 764. The van der Waals surface area contributed by atoms with Crippen molar-refractivity contribution in [2.24, 2.45) is 11.8 Å². The second kappa shape index (κ2) is 7.84. The molecule has 2 fully saturated rings. The first-order valence-electron chi connectivity index (χ1n) is 9.35. The lowest BCUT2D eigenvalue weighted by atomic mass is 9.96. The molecule has 0 aliphatic carbocycles. The molecule has 0 radical (unpaired) electrons. The Morgan fingerprint density at radius 1 is 1.31 bits per heavy atom. The van der Waals surface area contributed by atoms with Gasteiger partial charge in [0, 0.05) is 49.9 Å². The second-order valence-electron chi connectivity index (χ2n) is 7.18. The van der Waals surface area contributed by atoms with Crippen LogP contribution in [0.4, 0.5) is 6.01 Å². The van der Waals surface area contributed by atoms with Gasteiger partial charge in [0.05, 0.1) is 0 Å². The number of piperidine rings is 1. The summed E-state index contributed by atoms with van der Waals surface area (Å²) >= 11 is 6.00. The van der Waals surface area contributed by atoms with Gasteiger partial charge in [-0.3, -0.25) is 4.79 Å². The van der Waals surface area contributed by atoms with E-state index in [0.717, 1.165) is 64.0 Å². The molecule has 1 amide bonds. The molecule has 7 heteroatoms. The van der Waals surface area contributed by atoms with E-state index in [1.54, 1.807) is 6.07 Å². The van der Waals surface area contributed by atoms with Crippen LogP contribution in [0.15, 0.2) is 22.6 Å². The fourth-order valence-corrected chi connectivity index (χ4v) is 3.87. The molecule has 3 heterocycles. The van der Waals surface area contributed by atoms with E-state index in [2.05, 4.69) is 15.2 Å². The Kier molecular flexibility index (Phi) is 5.31. The molecule has 1 aromatic heterocycles. The number of ether oxygens (including phenoxy) is 1. The second-order valence-corrected chi connectivity index (χ2v) is 7.62. The van der Waals surface area contributed by atoms with Crippen LogP contribution >= 0.6 is 11.6 Å². The quantitative estimate of drug-likeness (QED) is 0.866. The van der Waals surface area contributed by atoms with E-state index >= 15 is 0 Å². The van der Waals surface area contributed by atoms with Crippen LogP contribution < -0.4 is 10.2 Å². The third-order valence-electron chi connectivity index (χ3n) is 5.35. The zero-order valence-electron chi connectivity index (χ0n) is 14.7. The van der Waals surface area contributed by atoms with Crippen LogP contribution in [-0.2, 0) is 9.53 Å². The number of anilines is 1. The minimum Gasteiger partial charge on any atom is -0.423 e. The summed E-state index contributed by atoms with van der Waals surface area (Å²) in [6.45, 7) is 3.99. The van der Waals surface area contributed by atoms with Crippen molar-refractivity contribution in [2.75, 3.05) is 37.7 Å². The zero-order chi connectivity index (χ0) is 17.9. The standard InChI is InChI=1S/C19H24ClN3O3/c20-15-1-2-16-17(11-15)26-19(22-16)23-8-4-14(5-9-23)18(24)21-7-3-13-6-10-25-12-13/h1-2,11,13-14H,3-10,12H2,(H,21,24). The third kappa shape index (κ3) is 3.96. The number of fused-ring (bicyclic) bond motifs is 1. The highest BCUT2D eigenvalue weighted by Crippen LogP contribution is 2.28. The average Bonchev–Trinajstić information content (AvgIpc) is 3.31. The van der Waals surface area contributed by atoms with Gasteiger partial charge in [-0.05, 0) is 43.7 Å². The van der Waals surface area contributed by atoms with Crippen LogP contribution in [0.5, 0.6) is 0 Å². The van der Waals surface area contributed by atoms with Gasteiger partial charge in [-0.25, -0.2) is 0 Å². The van der Waals surface area contributed by atoms with Crippen LogP contribution in [-0.4, -0.2) is 43.7 Å². The number of aromatic nitrogens is 1. The van der Waals surface area contributed by atoms with Gasteiger partial charge in [0.2, 0.25) is 5.91 Å². The van der Waals surface area contributed by atoms with E-state index in [1.807, 2.05) is 12.1 Å². The highest BCUT2D eigenvalue weighted by atomic mass is 35.5. The summed E-state index contributed by atoms with van der Waals surface area (Å²) in [7, 11) is 0. The SMILES string of the molecule is O=C(NCCC1CCOC1)C1CCN(c2nc3ccc(Cl)cc3o2)CC1. The zero-order valence-corrected chi connectivity index (χ0v) is 15.5. The van der Waals surface area contributed by atoms with Gasteiger partial charge in [0.15, 0.2) is 5.58 Å². The fourth-order valence-electron chi connectivity index (χ4n) is 3.71. The van der Waals surface area contributed by atoms with Crippen LogP contribution in [0.25, 0.3) is 11.1 Å². The molecular weight excluding hydrogens is 354 g/mol. The van der Waals surface area contributed by atoms with Crippen molar-refractivity contribution in [1.29, 1.82) is 0 Å². The van der Waals surface area contributed by atoms with Crippen molar-refractivity contribution >= 4 is 34.6 Å². The van der Waals surface area contributed by atoms with E-state index in [9.17, 15) is 4.79 Å². The van der Waals surface area contributed by atoms with Crippen LogP contribution in [0.3, 0.4) is 0 Å². The molecule has 2 aliphatic heterocycles. The summed E-state index contributed by atoms with van der Waals surface area (Å²) in [6, 6.07) is 6.07. The number of hydrogen-bond acceptors (Lipinski definition) is 5. The Balaban J connectivity index is 1.26. The number of carbonyl (C=O) groups is 1. The van der Waals surface area contributed by atoms with Crippen molar-refractivity contribution in [3.8, 4) is 0 Å². The number of benzene rings is 1. The van der Waals surface area contributed by atoms with Gasteiger partial charge in [-0.1, -0.05) is 11.6 Å². The predicted octanol–water partition coefficient (Wildman–Crippen LogP) is 3.24. The minimum atomic E-state index is 0.0740. The van der Waals surface area contributed by atoms with E-state index in [0.29, 0.717) is 22.5 Å². The fraction of sp³-hybridized carbons (Fsp3) is 0.579. The molecule has 0 spiro atoms. The van der Waals surface area contributed by atoms with E-state index < -0.39 is 0 Å². The Hall–Kier alpha value is -1.79. The number of oxazole rings is 1. The molecule has 1 N–H and O–H groups in total. The smallest absolute Gasteiger partial charge is 0.298 e. The summed E-state index contributed by atoms with van der Waals surface area (Å²) in [5.74, 6) is 0.850. The number of halogens is 1. The minimum absolute atomic E-state index is 0.0740. The first kappa shape index (κ1) is 17.6. The molecule has 2 saturated heterocycles. The maximum absolute atomic E-state index is 12.4. The first-order valence-corrected chi connectivity index (χ1v) is 9.73. The van der Waals surface area contributed by atoms with Gasteiger partial charge >= 0.3 is 0 Å². The lowest BCUT2D eigenvalue weighted by Gasteiger charge is -2.30. The highest BCUT2D eigenvalue weighted by Gasteiger charge is 2.27. The molecule has 4 rings (SSSR count). The van der Waals surface area contributed by atoms with Crippen molar-refractivity contribution in [2.45, 2.75) is 25.7 Å². The molecule has 1 atom stereocenters. The number of amides is 1. The van der Waals surface area contributed by atoms with E-state index in [1.165, 1.54) is 0 Å². The molecular formula is C19H24ClN3O3. The van der Waals surface area contributed by atoms with Gasteiger partial charge < -0.3 is 19.4 Å². The van der Waals surface area contributed by atoms with E-state index in [4.69, 9.17) is 20.8 Å². The van der Waals surface area contributed by atoms with Crippen LogP contribution in [0, 0.1) is 11.8 Å². The summed E-state index contributed by atoms with van der Waals surface area (Å²) in [5.41, 5.74) is 1.50. The number of nitrogens with zero attached hydrogens (tertiary/aromatic N) is 2. The van der Waals surface area contributed by atoms with Crippen molar-refractivity contribution in [1.82, 2.24) is 10.3 Å². The Morgan fingerprint density at radius 3 is 2.92 bits per heavy atom. The molecule has 1 aromatic carbocycles. The van der Waals surface area contributed by atoms with Gasteiger partial charge in [0.25, 0.3) is 6.01 Å². The average molecular weight is 378 g/mol. The molecule has 2 aromatic rings. The lowest BCUT2D eigenvalue weighted by molar-refractivity contribution is -0.125. The first-order chi connectivity index (χ1) is 12.7. The van der Waals surface area contributed by atoms with Crippen LogP contribution in [0.1, 0.15) is 25.7 Å². The Labute approximate surface area is 157 Å². The molecule has 6 nitrogen and oxygen atoms in total. The summed E-state index contributed by atoms with van der Waals surface area (Å²) in [4.78, 5) is 19.0. The highest BCUT2D eigenvalue weighted by molar-refractivity contribution is 6.31. The molecule has 1 unspecified atom stereocenters. The molecule has 26 heavy (non-hydrogen) atoms. The summed E-state index contributed by atoms with van der Waals surface area (Å²) < 4.78 is 11.2. The summed E-state index contributed by atoms with van der Waals surface area (Å²) in [6.07, 6.45) is 3.76. The van der Waals surface area contributed by atoms with Crippen LogP contribution in [0.2, 0.25) is 5.02 Å². The topological polar surface area (TPSA) is 67.6 Å². The van der Waals surface area contributed by atoms with Gasteiger partial charge in [0.1, 0.15) is 5.52 Å². The van der Waals surface area contributed by atoms with E-state index in [-0.39, 0.29) is 11.8 Å². The number of nitrogens with one attached hydrogen (secondary N) is 1. The maximum atomic E-state index is 12.4.